The number of hydrogen-bond acceptors (Lipinski definition) is 3. The molecule has 0 heterocycles. The van der Waals surface area contributed by atoms with Gasteiger partial charge in [0.1, 0.15) is 0 Å². The van der Waals surface area contributed by atoms with E-state index in [1.54, 1.807) is 0 Å². The molecule has 98 valence electrons. The molecule has 0 aliphatic carbocycles. The summed E-state index contributed by atoms with van der Waals surface area (Å²) in [6, 6.07) is -0.408. The van der Waals surface area contributed by atoms with Crippen LogP contribution in [0.15, 0.2) is 0 Å². The summed E-state index contributed by atoms with van der Waals surface area (Å²) in [4.78, 5) is 34.6. The highest BCUT2D eigenvalue weighted by Crippen LogP contribution is 1.97. The van der Waals surface area contributed by atoms with E-state index >= 15 is 0 Å². The number of carboxylic acid groups (broad SMARTS) is 1. The fourth-order valence-electron chi connectivity index (χ4n) is 1.33. The molecule has 0 aliphatic heterocycles. The summed E-state index contributed by atoms with van der Waals surface area (Å²) >= 11 is 0. The highest BCUT2D eigenvalue weighted by molar-refractivity contribution is 5.94. The number of urea groups is 1. The Labute approximate surface area is 101 Å². The lowest BCUT2D eigenvalue weighted by atomic mass is 10.2. The molecule has 2 N–H and O–H groups in total. The lowest BCUT2D eigenvalue weighted by Gasteiger charge is -2.19. The zero-order chi connectivity index (χ0) is 13.3. The second-order valence-electron chi connectivity index (χ2n) is 3.68. The number of hydrogen-bond donors (Lipinski definition) is 2. The summed E-state index contributed by atoms with van der Waals surface area (Å²) in [5.41, 5.74) is 0. The zero-order valence-corrected chi connectivity index (χ0v) is 10.4. The standard InChI is InChI=1S/C11H20N2O4/c1-3-8-13(4-2)11(17)12-9(14)6-5-7-10(15)16/h3-8H2,1-2H3,(H,15,16)(H,12,14,17). The Balaban J connectivity index is 3.93. The molecule has 0 aromatic rings. The first-order valence-corrected chi connectivity index (χ1v) is 5.81. The predicted molar refractivity (Wildman–Crippen MR) is 62.6 cm³/mol. The van der Waals surface area contributed by atoms with E-state index in [0.717, 1.165) is 6.42 Å². The Bertz CT molecular complexity index is 279. The van der Waals surface area contributed by atoms with E-state index in [1.165, 1.54) is 4.90 Å². The van der Waals surface area contributed by atoms with Crippen LogP contribution in [0.3, 0.4) is 0 Å². The molecule has 6 heteroatoms. The molecule has 0 saturated carbocycles. The van der Waals surface area contributed by atoms with Gasteiger partial charge in [0.25, 0.3) is 0 Å². The fourth-order valence-corrected chi connectivity index (χ4v) is 1.33. The van der Waals surface area contributed by atoms with E-state index in [-0.39, 0.29) is 19.3 Å². The van der Waals surface area contributed by atoms with Crippen LogP contribution in [-0.4, -0.2) is 41.0 Å². The largest absolute Gasteiger partial charge is 0.481 e. The van der Waals surface area contributed by atoms with Crippen molar-refractivity contribution in [1.29, 1.82) is 0 Å². The van der Waals surface area contributed by atoms with Crippen molar-refractivity contribution in [2.45, 2.75) is 39.5 Å². The minimum atomic E-state index is -0.940. The highest BCUT2D eigenvalue weighted by atomic mass is 16.4. The van der Waals surface area contributed by atoms with Crippen LogP contribution >= 0.6 is 0 Å². The third kappa shape index (κ3) is 7.32. The molecule has 0 saturated heterocycles. The number of nitrogens with one attached hydrogen (secondary N) is 1. The number of amides is 3. The molecule has 0 atom stereocenters. The molecule has 0 bridgehead atoms. The van der Waals surface area contributed by atoms with E-state index in [4.69, 9.17) is 5.11 Å². The van der Waals surface area contributed by atoms with E-state index in [2.05, 4.69) is 5.32 Å². The van der Waals surface area contributed by atoms with Crippen LogP contribution < -0.4 is 5.32 Å². The number of rotatable bonds is 7. The van der Waals surface area contributed by atoms with Crippen LogP contribution in [0, 0.1) is 0 Å². The van der Waals surface area contributed by atoms with Crippen molar-refractivity contribution in [3.63, 3.8) is 0 Å². The van der Waals surface area contributed by atoms with E-state index in [9.17, 15) is 14.4 Å². The lowest BCUT2D eigenvalue weighted by Crippen LogP contribution is -2.43. The molecule has 0 aromatic heterocycles. The topological polar surface area (TPSA) is 86.7 Å². The van der Waals surface area contributed by atoms with Crippen molar-refractivity contribution in [2.24, 2.45) is 0 Å². The van der Waals surface area contributed by atoms with Crippen LogP contribution in [0.25, 0.3) is 0 Å². The number of nitrogens with zero attached hydrogens (tertiary/aromatic N) is 1. The molecule has 0 radical (unpaired) electrons. The maximum Gasteiger partial charge on any atom is 0.324 e. The van der Waals surface area contributed by atoms with Gasteiger partial charge in [0, 0.05) is 25.9 Å². The van der Waals surface area contributed by atoms with Gasteiger partial charge in [-0.2, -0.15) is 0 Å². The van der Waals surface area contributed by atoms with Crippen LogP contribution in [0.1, 0.15) is 39.5 Å². The van der Waals surface area contributed by atoms with Gasteiger partial charge in [0.15, 0.2) is 0 Å². The van der Waals surface area contributed by atoms with Crippen LogP contribution in [-0.2, 0) is 9.59 Å². The van der Waals surface area contributed by atoms with Gasteiger partial charge >= 0.3 is 12.0 Å². The number of imide groups is 1. The number of carbonyl (C=O) groups is 3. The van der Waals surface area contributed by atoms with Crippen molar-refractivity contribution in [1.82, 2.24) is 10.2 Å². The van der Waals surface area contributed by atoms with Crippen molar-refractivity contribution in [2.75, 3.05) is 13.1 Å². The second-order valence-corrected chi connectivity index (χ2v) is 3.68. The van der Waals surface area contributed by atoms with Crippen molar-refractivity contribution in [3.8, 4) is 0 Å². The second kappa shape index (κ2) is 8.55. The predicted octanol–water partition coefficient (Wildman–Crippen LogP) is 1.21. The van der Waals surface area contributed by atoms with Crippen molar-refractivity contribution >= 4 is 17.9 Å². The Kier molecular flexibility index (Phi) is 7.75. The molecule has 0 unspecified atom stereocenters. The Morgan fingerprint density at radius 2 is 1.82 bits per heavy atom. The summed E-state index contributed by atoms with van der Waals surface area (Å²) in [6.07, 6.45) is 1.07. The average Bonchev–Trinajstić information content (AvgIpc) is 2.24. The average molecular weight is 244 g/mol. The molecule has 0 aliphatic rings. The maximum absolute atomic E-state index is 11.5. The van der Waals surface area contributed by atoms with Crippen LogP contribution in [0.5, 0.6) is 0 Å². The number of carboxylic acids is 1. The van der Waals surface area contributed by atoms with Gasteiger partial charge in [-0.1, -0.05) is 6.92 Å². The van der Waals surface area contributed by atoms with Crippen molar-refractivity contribution in [3.05, 3.63) is 0 Å². The molecule has 6 nitrogen and oxygen atoms in total. The quantitative estimate of drug-likeness (QED) is 0.704. The summed E-state index contributed by atoms with van der Waals surface area (Å²) in [5.74, 6) is -1.36. The maximum atomic E-state index is 11.5. The fraction of sp³-hybridized carbons (Fsp3) is 0.727. The van der Waals surface area contributed by atoms with Gasteiger partial charge in [-0.25, -0.2) is 4.79 Å². The smallest absolute Gasteiger partial charge is 0.324 e. The lowest BCUT2D eigenvalue weighted by molar-refractivity contribution is -0.137. The third-order valence-electron chi connectivity index (χ3n) is 2.20. The van der Waals surface area contributed by atoms with Gasteiger partial charge in [0.05, 0.1) is 0 Å². The van der Waals surface area contributed by atoms with Gasteiger partial charge in [0.2, 0.25) is 5.91 Å². The highest BCUT2D eigenvalue weighted by Gasteiger charge is 2.13. The Morgan fingerprint density at radius 3 is 2.29 bits per heavy atom. The van der Waals surface area contributed by atoms with E-state index in [1.807, 2.05) is 13.8 Å². The minimum Gasteiger partial charge on any atom is -0.481 e. The molecular weight excluding hydrogens is 224 g/mol. The normalized spacial score (nSPS) is 9.76. The van der Waals surface area contributed by atoms with Crippen molar-refractivity contribution < 1.29 is 19.5 Å². The van der Waals surface area contributed by atoms with E-state index < -0.39 is 17.9 Å². The molecule has 0 spiro atoms. The number of carbonyl (C=O) groups excluding carboxylic acids is 2. The van der Waals surface area contributed by atoms with E-state index in [0.29, 0.717) is 13.1 Å². The van der Waals surface area contributed by atoms with Gasteiger partial charge < -0.3 is 10.0 Å². The summed E-state index contributed by atoms with van der Waals surface area (Å²) in [7, 11) is 0. The molecule has 17 heavy (non-hydrogen) atoms. The first kappa shape index (κ1) is 15.4. The first-order valence-electron chi connectivity index (χ1n) is 5.81. The summed E-state index contributed by atoms with van der Waals surface area (Å²) < 4.78 is 0. The van der Waals surface area contributed by atoms with Crippen LogP contribution in [0.4, 0.5) is 4.79 Å². The zero-order valence-electron chi connectivity index (χ0n) is 10.4. The number of aliphatic carboxylic acids is 1. The SMILES string of the molecule is CCCN(CC)C(=O)NC(=O)CCCC(=O)O. The minimum absolute atomic E-state index is 0.0573. The third-order valence-corrected chi connectivity index (χ3v) is 2.20. The molecule has 0 fully saturated rings. The Morgan fingerprint density at radius 1 is 1.18 bits per heavy atom. The summed E-state index contributed by atoms with van der Waals surface area (Å²) in [5, 5.41) is 10.6. The molecule has 0 aromatic carbocycles. The van der Waals surface area contributed by atoms with Crippen LogP contribution in [0.2, 0.25) is 0 Å². The van der Waals surface area contributed by atoms with Gasteiger partial charge in [-0.3, -0.25) is 14.9 Å². The first-order chi connectivity index (χ1) is 8.01. The molecule has 3 amide bonds. The Hall–Kier alpha value is -1.59. The van der Waals surface area contributed by atoms with Gasteiger partial charge in [-0.05, 0) is 19.8 Å². The summed E-state index contributed by atoms with van der Waals surface area (Å²) in [6.45, 7) is 4.93. The monoisotopic (exact) mass is 244 g/mol. The molecular formula is C11H20N2O4. The molecule has 0 rings (SSSR count). The van der Waals surface area contributed by atoms with Gasteiger partial charge in [-0.15, -0.1) is 0 Å².